The summed E-state index contributed by atoms with van der Waals surface area (Å²) in [6.07, 6.45) is 12.6. The van der Waals surface area contributed by atoms with Gasteiger partial charge in [0.15, 0.2) is 0 Å². The average molecular weight is 592 g/mol. The van der Waals surface area contributed by atoms with Crippen molar-refractivity contribution in [3.8, 4) is 0 Å². The Morgan fingerprint density at radius 2 is 1.70 bits per heavy atom. The molecule has 0 aliphatic heterocycles. The maximum Gasteiger partial charge on any atom is 0.0928 e. The lowest BCUT2D eigenvalue weighted by Gasteiger charge is -2.40. The SMILES string of the molecule is C=C(N)C(/C=C\C(C)c1ccc(N(CC)CCNC2CCC(OC)(c3ccccc3)CC2)cc1)=C/CC.CC.CCCO. The topological polar surface area (TPSA) is 70.8 Å². The minimum Gasteiger partial charge on any atom is -0.399 e. The van der Waals surface area contributed by atoms with E-state index in [9.17, 15) is 0 Å². The molecule has 0 bridgehead atoms. The fourth-order valence-electron chi connectivity index (χ4n) is 5.39. The van der Waals surface area contributed by atoms with Gasteiger partial charge < -0.3 is 25.8 Å². The molecule has 0 radical (unpaired) electrons. The number of nitrogens with zero attached hydrogens (tertiary/aromatic N) is 1. The molecule has 5 heteroatoms. The number of nitrogens with two attached hydrogens (primary N) is 1. The Balaban J connectivity index is 0.00000142. The highest BCUT2D eigenvalue weighted by molar-refractivity contribution is 5.48. The van der Waals surface area contributed by atoms with Gasteiger partial charge in [0.05, 0.1) is 5.60 Å². The molecule has 5 nitrogen and oxygen atoms in total. The molecule has 1 saturated carbocycles. The van der Waals surface area contributed by atoms with Crippen LogP contribution in [0.5, 0.6) is 0 Å². The summed E-state index contributed by atoms with van der Waals surface area (Å²) in [4.78, 5) is 2.45. The molecule has 0 aromatic heterocycles. The highest BCUT2D eigenvalue weighted by atomic mass is 16.5. The molecule has 3 rings (SSSR count). The van der Waals surface area contributed by atoms with Crippen LogP contribution in [0.2, 0.25) is 0 Å². The van der Waals surface area contributed by atoms with Gasteiger partial charge in [0.25, 0.3) is 0 Å². The van der Waals surface area contributed by atoms with E-state index in [4.69, 9.17) is 15.6 Å². The normalized spacial score (nSPS) is 19.1. The first-order valence-electron chi connectivity index (χ1n) is 16.5. The largest absolute Gasteiger partial charge is 0.399 e. The van der Waals surface area contributed by atoms with E-state index in [1.807, 2.05) is 27.9 Å². The molecule has 1 unspecified atom stereocenters. The zero-order chi connectivity index (χ0) is 32.1. The van der Waals surface area contributed by atoms with Gasteiger partial charge in [-0.3, -0.25) is 0 Å². The number of aliphatic hydroxyl groups is 1. The van der Waals surface area contributed by atoms with Crippen LogP contribution in [0.15, 0.2) is 90.7 Å². The first-order valence-corrected chi connectivity index (χ1v) is 16.5. The van der Waals surface area contributed by atoms with Crippen LogP contribution in [0.25, 0.3) is 0 Å². The number of hydrogen-bond donors (Lipinski definition) is 3. The maximum atomic E-state index is 7.88. The van der Waals surface area contributed by atoms with Gasteiger partial charge in [-0.25, -0.2) is 0 Å². The molecule has 4 N–H and O–H groups in total. The first-order chi connectivity index (χ1) is 20.8. The van der Waals surface area contributed by atoms with Crippen molar-refractivity contribution in [2.75, 3.05) is 38.3 Å². The lowest BCUT2D eigenvalue weighted by molar-refractivity contribution is -0.0499. The summed E-state index contributed by atoms with van der Waals surface area (Å²) in [6, 6.07) is 20.3. The van der Waals surface area contributed by atoms with E-state index in [1.54, 1.807) is 0 Å². The number of aliphatic hydroxyl groups excluding tert-OH is 1. The molecule has 1 aliphatic carbocycles. The Kier molecular flexibility index (Phi) is 19.3. The van der Waals surface area contributed by atoms with E-state index in [2.05, 4.69) is 110 Å². The van der Waals surface area contributed by atoms with Crippen LogP contribution in [0, 0.1) is 0 Å². The van der Waals surface area contributed by atoms with Crippen LogP contribution in [0.4, 0.5) is 5.69 Å². The number of ether oxygens (including phenoxy) is 1. The summed E-state index contributed by atoms with van der Waals surface area (Å²) >= 11 is 0. The predicted octanol–water partition coefficient (Wildman–Crippen LogP) is 8.47. The fourth-order valence-corrected chi connectivity index (χ4v) is 5.39. The van der Waals surface area contributed by atoms with Gasteiger partial charge in [-0.15, -0.1) is 0 Å². The maximum absolute atomic E-state index is 7.88. The van der Waals surface area contributed by atoms with Gasteiger partial charge in [-0.1, -0.05) is 102 Å². The number of benzene rings is 2. The van der Waals surface area contributed by atoms with Crippen molar-refractivity contribution in [2.45, 2.75) is 97.6 Å². The van der Waals surface area contributed by atoms with Crippen LogP contribution in [0.1, 0.15) is 97.1 Å². The van der Waals surface area contributed by atoms with Crippen LogP contribution in [0.3, 0.4) is 0 Å². The Morgan fingerprint density at radius 3 is 2.19 bits per heavy atom. The molecule has 1 fully saturated rings. The Morgan fingerprint density at radius 1 is 1.09 bits per heavy atom. The fraction of sp³-hybridized carbons (Fsp3) is 0.526. The zero-order valence-electron chi connectivity index (χ0n) is 28.2. The van der Waals surface area contributed by atoms with Crippen molar-refractivity contribution < 1.29 is 9.84 Å². The quantitative estimate of drug-likeness (QED) is 0.192. The van der Waals surface area contributed by atoms with Crippen molar-refractivity contribution in [2.24, 2.45) is 5.73 Å². The first kappa shape index (κ1) is 38.2. The average Bonchev–Trinajstić information content (AvgIpc) is 3.06. The molecular formula is C38H61N3O2. The zero-order valence-corrected chi connectivity index (χ0v) is 28.2. The van der Waals surface area contributed by atoms with Crippen molar-refractivity contribution in [1.82, 2.24) is 5.32 Å². The van der Waals surface area contributed by atoms with Crippen molar-refractivity contribution in [3.05, 3.63) is 102 Å². The summed E-state index contributed by atoms with van der Waals surface area (Å²) in [7, 11) is 1.86. The summed E-state index contributed by atoms with van der Waals surface area (Å²) < 4.78 is 6.05. The predicted molar refractivity (Wildman–Crippen MR) is 188 cm³/mol. The minimum atomic E-state index is -0.130. The van der Waals surface area contributed by atoms with Gasteiger partial charge in [-0.05, 0) is 80.2 Å². The molecule has 0 spiro atoms. The molecule has 0 heterocycles. The smallest absolute Gasteiger partial charge is 0.0928 e. The van der Waals surface area contributed by atoms with Gasteiger partial charge in [-0.2, -0.15) is 0 Å². The second-order valence-electron chi connectivity index (χ2n) is 10.9. The highest BCUT2D eigenvalue weighted by Gasteiger charge is 2.36. The Hall–Kier alpha value is -2.86. The minimum absolute atomic E-state index is 0.130. The molecule has 240 valence electrons. The standard InChI is InChI=1S/C33H47N3O.C3H8O.C2H6/c1-6-11-29(27(4)34)15-14-26(3)28-16-18-32(19-17-28)36(7-2)25-24-35-31-20-22-33(37-5,23-21-31)30-12-9-8-10-13-30;1-2-3-4;1-2/h8-19,26,31,35H,4,6-7,20-25,34H2,1-3,5H3;4H,2-3H2,1H3;1-2H3/b15-14-,29-11+;;. The van der Waals surface area contributed by atoms with Crippen LogP contribution in [-0.2, 0) is 10.3 Å². The lowest BCUT2D eigenvalue weighted by Crippen LogP contribution is -2.43. The van der Waals surface area contributed by atoms with E-state index in [0.717, 1.165) is 63.7 Å². The number of allylic oxidation sites excluding steroid dienone is 3. The number of rotatable bonds is 14. The summed E-state index contributed by atoms with van der Waals surface area (Å²) in [5.41, 5.74) is 11.3. The van der Waals surface area contributed by atoms with Gasteiger partial charge >= 0.3 is 0 Å². The number of likely N-dealkylation sites (N-methyl/N-ethyl adjacent to an activating group) is 1. The molecule has 1 aliphatic rings. The van der Waals surface area contributed by atoms with Gasteiger partial charge in [0.1, 0.15) is 0 Å². The van der Waals surface area contributed by atoms with E-state index in [-0.39, 0.29) is 5.60 Å². The van der Waals surface area contributed by atoms with Crippen molar-refractivity contribution in [3.63, 3.8) is 0 Å². The highest BCUT2D eigenvalue weighted by Crippen LogP contribution is 2.40. The van der Waals surface area contributed by atoms with E-state index in [1.165, 1.54) is 16.8 Å². The van der Waals surface area contributed by atoms with E-state index in [0.29, 0.717) is 24.3 Å². The van der Waals surface area contributed by atoms with Crippen LogP contribution >= 0.6 is 0 Å². The Labute approximate surface area is 263 Å². The molecule has 2 aromatic carbocycles. The summed E-state index contributed by atoms with van der Waals surface area (Å²) in [5.74, 6) is 0.312. The molecule has 0 amide bonds. The van der Waals surface area contributed by atoms with Gasteiger partial charge in [0, 0.05) is 50.8 Å². The number of nitrogens with one attached hydrogen (secondary N) is 1. The number of anilines is 1. The third kappa shape index (κ3) is 12.7. The van der Waals surface area contributed by atoms with E-state index < -0.39 is 0 Å². The van der Waals surface area contributed by atoms with Crippen molar-refractivity contribution >= 4 is 5.69 Å². The second-order valence-corrected chi connectivity index (χ2v) is 10.9. The third-order valence-electron chi connectivity index (χ3n) is 8.05. The third-order valence-corrected chi connectivity index (χ3v) is 8.05. The van der Waals surface area contributed by atoms with Crippen molar-refractivity contribution in [1.29, 1.82) is 0 Å². The summed E-state index contributed by atoms with van der Waals surface area (Å²) in [5, 5.41) is 11.7. The van der Waals surface area contributed by atoms with E-state index >= 15 is 0 Å². The molecule has 2 aromatic rings. The molecule has 43 heavy (non-hydrogen) atoms. The molecular weight excluding hydrogens is 530 g/mol. The van der Waals surface area contributed by atoms with Crippen LogP contribution < -0.4 is 16.0 Å². The summed E-state index contributed by atoms with van der Waals surface area (Å²) in [6.45, 7) is 19.7. The Bertz CT molecular complexity index is 1050. The molecule has 0 saturated heterocycles. The van der Waals surface area contributed by atoms with Gasteiger partial charge in [0.2, 0.25) is 0 Å². The number of hydrogen-bond acceptors (Lipinski definition) is 5. The number of methoxy groups -OCH3 is 1. The second kappa shape index (κ2) is 21.8. The molecule has 1 atom stereocenters. The lowest BCUT2D eigenvalue weighted by atomic mass is 9.77. The monoisotopic (exact) mass is 591 g/mol. The van der Waals surface area contributed by atoms with Crippen LogP contribution in [-0.4, -0.2) is 44.5 Å².